The van der Waals surface area contributed by atoms with Crippen molar-refractivity contribution >= 4 is 5.78 Å². The zero-order valence-corrected chi connectivity index (χ0v) is 11.1. The van der Waals surface area contributed by atoms with Gasteiger partial charge in [0.2, 0.25) is 11.7 Å². The molecule has 0 N–H and O–H groups in total. The van der Waals surface area contributed by atoms with E-state index in [0.717, 1.165) is 25.7 Å². The molecular weight excluding hydrogens is 230 g/mol. The minimum Gasteiger partial charge on any atom is -0.479 e. The van der Waals surface area contributed by atoms with Gasteiger partial charge in [-0.25, -0.2) is 9.97 Å². The van der Waals surface area contributed by atoms with Gasteiger partial charge in [0, 0.05) is 12.4 Å². The summed E-state index contributed by atoms with van der Waals surface area (Å²) in [7, 11) is 5.41. The number of nitrogens with zero attached hydrogens (tertiary/aromatic N) is 3. The first kappa shape index (κ1) is 13.0. The van der Waals surface area contributed by atoms with Crippen LogP contribution in [0.15, 0.2) is 12.4 Å². The average Bonchev–Trinajstić information content (AvgIpc) is 2.88. The molecule has 0 aliphatic heterocycles. The number of carbonyl (C=O) groups excluding carboxylic acids is 1. The van der Waals surface area contributed by atoms with Crippen molar-refractivity contribution in [3.8, 4) is 5.88 Å². The van der Waals surface area contributed by atoms with E-state index in [4.69, 9.17) is 4.74 Å². The standard InChI is InChI=1S/C13H19N3O2/c1-16(2)13(6-4-5-7-13)11(17)10-12(18-3)15-9-8-14-10/h8-9H,4-7H2,1-3H3. The van der Waals surface area contributed by atoms with Crippen LogP contribution in [0.25, 0.3) is 0 Å². The number of methoxy groups -OCH3 is 1. The highest BCUT2D eigenvalue weighted by Gasteiger charge is 2.45. The Balaban J connectivity index is 2.40. The number of ether oxygens (including phenoxy) is 1. The van der Waals surface area contributed by atoms with E-state index in [1.54, 1.807) is 0 Å². The van der Waals surface area contributed by atoms with Crippen LogP contribution in [0.2, 0.25) is 0 Å². The zero-order chi connectivity index (χ0) is 13.2. The Kier molecular flexibility index (Phi) is 3.61. The van der Waals surface area contributed by atoms with Gasteiger partial charge in [-0.15, -0.1) is 0 Å². The molecule has 0 aromatic carbocycles. The van der Waals surface area contributed by atoms with Crippen LogP contribution in [0.5, 0.6) is 5.88 Å². The van der Waals surface area contributed by atoms with Crippen molar-refractivity contribution in [2.75, 3.05) is 21.2 Å². The lowest BCUT2D eigenvalue weighted by Gasteiger charge is -2.34. The molecule has 1 aliphatic rings. The Labute approximate surface area is 107 Å². The molecule has 5 nitrogen and oxygen atoms in total. The smallest absolute Gasteiger partial charge is 0.243 e. The first-order valence-corrected chi connectivity index (χ1v) is 6.19. The molecule has 98 valence electrons. The molecule has 1 aliphatic carbocycles. The van der Waals surface area contributed by atoms with E-state index < -0.39 is 5.54 Å². The fourth-order valence-corrected chi connectivity index (χ4v) is 2.69. The van der Waals surface area contributed by atoms with Gasteiger partial charge in [-0.1, -0.05) is 12.8 Å². The Morgan fingerprint density at radius 3 is 2.44 bits per heavy atom. The van der Waals surface area contributed by atoms with Gasteiger partial charge in [0.1, 0.15) is 0 Å². The number of rotatable bonds is 4. The van der Waals surface area contributed by atoms with Crippen molar-refractivity contribution in [1.29, 1.82) is 0 Å². The first-order valence-electron chi connectivity index (χ1n) is 6.19. The summed E-state index contributed by atoms with van der Waals surface area (Å²) in [5.41, 5.74) is -0.0980. The predicted octanol–water partition coefficient (Wildman–Crippen LogP) is 1.54. The molecule has 1 aromatic heterocycles. The quantitative estimate of drug-likeness (QED) is 0.758. The summed E-state index contributed by atoms with van der Waals surface area (Å²) in [5, 5.41) is 0. The minimum absolute atomic E-state index is 0.0231. The van der Waals surface area contributed by atoms with Crippen molar-refractivity contribution < 1.29 is 9.53 Å². The molecule has 1 fully saturated rings. The second kappa shape index (κ2) is 5.02. The van der Waals surface area contributed by atoms with Crippen LogP contribution >= 0.6 is 0 Å². The number of ketones is 1. The highest BCUT2D eigenvalue weighted by Crippen LogP contribution is 2.37. The number of aromatic nitrogens is 2. The lowest BCUT2D eigenvalue weighted by Crippen LogP contribution is -2.49. The van der Waals surface area contributed by atoms with Crippen LogP contribution in [0.3, 0.4) is 0 Å². The molecule has 0 amide bonds. The molecule has 5 heteroatoms. The molecule has 0 spiro atoms. The third-order valence-corrected chi connectivity index (χ3v) is 3.78. The van der Waals surface area contributed by atoms with E-state index in [9.17, 15) is 4.79 Å². The Hall–Kier alpha value is -1.49. The molecular formula is C13H19N3O2. The maximum Gasteiger partial charge on any atom is 0.243 e. The predicted molar refractivity (Wildman–Crippen MR) is 67.8 cm³/mol. The first-order chi connectivity index (χ1) is 8.62. The van der Waals surface area contributed by atoms with E-state index >= 15 is 0 Å². The number of likely N-dealkylation sites (N-methyl/N-ethyl adjacent to an activating group) is 1. The minimum atomic E-state index is -0.441. The summed E-state index contributed by atoms with van der Waals surface area (Å²) < 4.78 is 5.14. The second-order valence-electron chi connectivity index (χ2n) is 4.88. The van der Waals surface area contributed by atoms with E-state index in [1.165, 1.54) is 19.5 Å². The summed E-state index contributed by atoms with van der Waals surface area (Å²) in [6, 6.07) is 0. The number of hydrogen-bond acceptors (Lipinski definition) is 5. The van der Waals surface area contributed by atoms with Crippen LogP contribution in [0.4, 0.5) is 0 Å². The Bertz CT molecular complexity index is 440. The van der Waals surface area contributed by atoms with Crippen LogP contribution in [-0.4, -0.2) is 47.4 Å². The van der Waals surface area contributed by atoms with Crippen LogP contribution in [0.1, 0.15) is 36.2 Å². The Morgan fingerprint density at radius 1 is 1.28 bits per heavy atom. The second-order valence-corrected chi connectivity index (χ2v) is 4.88. The van der Waals surface area contributed by atoms with Crippen molar-refractivity contribution in [1.82, 2.24) is 14.9 Å². The van der Waals surface area contributed by atoms with Crippen molar-refractivity contribution in [3.05, 3.63) is 18.1 Å². The van der Waals surface area contributed by atoms with Crippen molar-refractivity contribution in [2.24, 2.45) is 0 Å². The number of hydrogen-bond donors (Lipinski definition) is 0. The highest BCUT2D eigenvalue weighted by atomic mass is 16.5. The molecule has 1 heterocycles. The van der Waals surface area contributed by atoms with Gasteiger partial charge >= 0.3 is 0 Å². The van der Waals surface area contributed by atoms with Crippen molar-refractivity contribution in [2.45, 2.75) is 31.2 Å². The SMILES string of the molecule is COc1nccnc1C(=O)C1(N(C)C)CCCC1. The molecule has 0 bridgehead atoms. The third-order valence-electron chi connectivity index (χ3n) is 3.78. The molecule has 0 atom stereocenters. The van der Waals surface area contributed by atoms with Gasteiger partial charge in [0.15, 0.2) is 5.69 Å². The molecule has 2 rings (SSSR count). The number of carbonyl (C=O) groups is 1. The van der Waals surface area contributed by atoms with Crippen molar-refractivity contribution in [3.63, 3.8) is 0 Å². The summed E-state index contributed by atoms with van der Waals surface area (Å²) in [6.45, 7) is 0. The van der Waals surface area contributed by atoms with Gasteiger partial charge in [-0.2, -0.15) is 0 Å². The zero-order valence-electron chi connectivity index (χ0n) is 11.1. The summed E-state index contributed by atoms with van der Waals surface area (Å²) >= 11 is 0. The summed E-state index contributed by atoms with van der Waals surface area (Å²) in [4.78, 5) is 23.0. The van der Waals surface area contributed by atoms with E-state index in [2.05, 4.69) is 9.97 Å². The average molecular weight is 249 g/mol. The molecule has 18 heavy (non-hydrogen) atoms. The van der Waals surface area contributed by atoms with Gasteiger partial charge < -0.3 is 4.74 Å². The lowest BCUT2D eigenvalue weighted by atomic mass is 9.88. The number of Topliss-reactive ketones (excluding diaryl/α,β-unsaturated/α-hetero) is 1. The molecule has 1 aromatic rings. The Morgan fingerprint density at radius 2 is 1.89 bits per heavy atom. The monoisotopic (exact) mass is 249 g/mol. The molecule has 0 saturated heterocycles. The van der Waals surface area contributed by atoms with Gasteiger partial charge in [-0.3, -0.25) is 9.69 Å². The largest absolute Gasteiger partial charge is 0.479 e. The summed E-state index contributed by atoms with van der Waals surface area (Å²) in [6.07, 6.45) is 6.97. The van der Waals surface area contributed by atoms with E-state index in [0.29, 0.717) is 11.6 Å². The van der Waals surface area contributed by atoms with E-state index in [-0.39, 0.29) is 5.78 Å². The highest BCUT2D eigenvalue weighted by molar-refractivity contribution is 6.03. The van der Waals surface area contributed by atoms with E-state index in [1.807, 2.05) is 19.0 Å². The van der Waals surface area contributed by atoms with Gasteiger partial charge in [0.25, 0.3) is 0 Å². The van der Waals surface area contributed by atoms with Crippen LogP contribution in [0, 0.1) is 0 Å². The van der Waals surface area contributed by atoms with Crippen LogP contribution < -0.4 is 4.74 Å². The maximum absolute atomic E-state index is 12.8. The maximum atomic E-state index is 12.8. The van der Waals surface area contributed by atoms with Gasteiger partial charge in [-0.05, 0) is 26.9 Å². The molecule has 0 radical (unpaired) electrons. The molecule has 0 unspecified atom stereocenters. The fraction of sp³-hybridized carbons (Fsp3) is 0.615. The van der Waals surface area contributed by atoms with Gasteiger partial charge in [0.05, 0.1) is 12.6 Å². The summed E-state index contributed by atoms with van der Waals surface area (Å²) in [5.74, 6) is 0.338. The fourth-order valence-electron chi connectivity index (χ4n) is 2.69. The third kappa shape index (κ3) is 1.99. The normalized spacial score (nSPS) is 18.0. The topological polar surface area (TPSA) is 55.3 Å². The molecule has 1 saturated carbocycles. The lowest BCUT2D eigenvalue weighted by molar-refractivity contribution is 0.0683. The van der Waals surface area contributed by atoms with Crippen LogP contribution in [-0.2, 0) is 0 Å².